The van der Waals surface area contributed by atoms with E-state index in [2.05, 4.69) is 19.6 Å². The number of hydrogen-bond acceptors (Lipinski definition) is 7. The maximum atomic E-state index is 13.7. The molecule has 0 radical (unpaired) electrons. The van der Waals surface area contributed by atoms with E-state index in [4.69, 9.17) is 4.74 Å². The van der Waals surface area contributed by atoms with Gasteiger partial charge in [-0.25, -0.2) is 23.1 Å². The highest BCUT2D eigenvalue weighted by molar-refractivity contribution is 7.74. The molecule has 0 atom stereocenters. The van der Waals surface area contributed by atoms with E-state index >= 15 is 0 Å². The summed E-state index contributed by atoms with van der Waals surface area (Å²) in [5.41, 5.74) is 2.13. The summed E-state index contributed by atoms with van der Waals surface area (Å²) in [6.07, 6.45) is 1.46. The summed E-state index contributed by atoms with van der Waals surface area (Å²) in [4.78, 5) is 8.45. The van der Waals surface area contributed by atoms with Crippen LogP contribution in [0.2, 0.25) is 0 Å². The molecule has 2 aromatic carbocycles. The van der Waals surface area contributed by atoms with Crippen molar-refractivity contribution in [2.24, 2.45) is 4.36 Å². The largest absolute Gasteiger partial charge is 0.483 e. The fourth-order valence-corrected chi connectivity index (χ4v) is 3.18. The Hall–Kier alpha value is -2.88. The molecule has 29 heavy (non-hydrogen) atoms. The second-order valence-electron chi connectivity index (χ2n) is 6.21. The summed E-state index contributed by atoms with van der Waals surface area (Å²) in [6.45, 7) is -0.279. The van der Waals surface area contributed by atoms with Crippen LogP contribution < -0.4 is 10.1 Å². The van der Waals surface area contributed by atoms with Crippen LogP contribution in [0.3, 0.4) is 0 Å². The van der Waals surface area contributed by atoms with E-state index in [1.807, 2.05) is 6.92 Å². The topological polar surface area (TPSA) is 76.5 Å². The van der Waals surface area contributed by atoms with E-state index in [1.165, 1.54) is 24.7 Å². The van der Waals surface area contributed by atoms with Crippen LogP contribution in [0, 0.1) is 12.7 Å². The molecule has 0 fully saturated rings. The molecule has 3 rings (SSSR count). The SMILES string of the molecule is Cc1cc(N=[S-](C)=O)cc2ncnc(Nc3ccc(F)cc3OC(CF)CF)c12. The molecule has 0 aliphatic heterocycles. The van der Waals surface area contributed by atoms with Crippen molar-refractivity contribution in [2.75, 3.05) is 24.9 Å². The van der Waals surface area contributed by atoms with Crippen LogP contribution in [0.5, 0.6) is 5.75 Å². The Balaban J connectivity index is 2.05. The molecule has 6 nitrogen and oxygen atoms in total. The summed E-state index contributed by atoms with van der Waals surface area (Å²) < 4.78 is 60.0. The number of aryl methyl sites for hydroxylation is 1. The number of nitrogens with zero attached hydrogens (tertiary/aromatic N) is 3. The molecule has 10 heteroatoms. The van der Waals surface area contributed by atoms with Crippen molar-refractivity contribution in [3.63, 3.8) is 0 Å². The van der Waals surface area contributed by atoms with Gasteiger partial charge in [-0.05, 0) is 36.8 Å². The van der Waals surface area contributed by atoms with Crippen LogP contribution in [0.15, 0.2) is 41.0 Å². The molecule has 0 aliphatic rings. The predicted molar refractivity (Wildman–Crippen MR) is 106 cm³/mol. The molecule has 0 aliphatic carbocycles. The third-order valence-corrected chi connectivity index (χ3v) is 4.46. The standard InChI is InChI=1S/C19H18F3N4O2S/c1-11-5-13(26-29(2)27)7-16-18(11)19(24-10-23-16)25-15-4-3-12(22)6-17(15)28-14(8-20)9-21/h3-7,10,14H,8-9H2,1-2H3,(H,23,24,25)/q-1. The average molecular weight is 423 g/mol. The van der Waals surface area contributed by atoms with Crippen LogP contribution in [0.1, 0.15) is 5.56 Å². The van der Waals surface area contributed by atoms with Crippen LogP contribution in [0.25, 0.3) is 10.9 Å². The third kappa shape index (κ3) is 4.94. The lowest BCUT2D eigenvalue weighted by atomic mass is 10.1. The van der Waals surface area contributed by atoms with Gasteiger partial charge in [-0.1, -0.05) is 0 Å². The van der Waals surface area contributed by atoms with E-state index in [1.54, 1.807) is 12.1 Å². The van der Waals surface area contributed by atoms with E-state index < -0.39 is 35.9 Å². The van der Waals surface area contributed by atoms with Gasteiger partial charge in [0.05, 0.1) is 11.2 Å². The number of ether oxygens (including phenoxy) is 1. The molecule has 0 unspecified atom stereocenters. The molecule has 0 saturated heterocycles. The molecule has 0 bridgehead atoms. The number of aromatic nitrogens is 2. The van der Waals surface area contributed by atoms with Crippen LogP contribution in [-0.2, 0) is 14.8 Å². The first kappa shape index (κ1) is 20.8. The van der Waals surface area contributed by atoms with Crippen molar-refractivity contribution in [3.05, 3.63) is 48.0 Å². The Bertz CT molecular complexity index is 1120. The number of hydrogen-bond donors (Lipinski definition) is 1. The van der Waals surface area contributed by atoms with Gasteiger partial charge >= 0.3 is 0 Å². The summed E-state index contributed by atoms with van der Waals surface area (Å²) in [5.74, 6) is -0.252. The maximum absolute atomic E-state index is 13.7. The molecule has 1 aromatic heterocycles. The molecule has 154 valence electrons. The van der Waals surface area contributed by atoms with Crippen molar-refractivity contribution in [1.82, 2.24) is 9.97 Å². The second-order valence-corrected chi connectivity index (χ2v) is 7.24. The lowest BCUT2D eigenvalue weighted by Gasteiger charge is -2.18. The van der Waals surface area contributed by atoms with Gasteiger partial charge in [0.1, 0.15) is 37.1 Å². The van der Waals surface area contributed by atoms with Crippen molar-refractivity contribution in [3.8, 4) is 5.75 Å². The summed E-state index contributed by atoms with van der Waals surface area (Å²) >= 11 is 0. The Kier molecular flexibility index (Phi) is 6.53. The van der Waals surface area contributed by atoms with E-state index in [-0.39, 0.29) is 5.75 Å². The molecule has 3 aromatic rings. The zero-order chi connectivity index (χ0) is 21.0. The maximum Gasteiger partial charge on any atom is 0.155 e. The van der Waals surface area contributed by atoms with E-state index in [0.29, 0.717) is 28.1 Å². The fraction of sp³-hybridized carbons (Fsp3) is 0.263. The Labute approximate surface area is 167 Å². The second kappa shape index (κ2) is 9.08. The average Bonchev–Trinajstić information content (AvgIpc) is 2.67. The number of anilines is 2. The van der Waals surface area contributed by atoms with Crippen molar-refractivity contribution >= 4 is 38.7 Å². The Morgan fingerprint density at radius 3 is 2.66 bits per heavy atom. The van der Waals surface area contributed by atoms with Crippen LogP contribution in [-0.4, -0.2) is 35.7 Å². The van der Waals surface area contributed by atoms with Crippen molar-refractivity contribution < 1.29 is 22.1 Å². The first-order valence-corrected chi connectivity index (χ1v) is 10.1. The molecule has 1 N–H and O–H groups in total. The quantitative estimate of drug-likeness (QED) is 0.546. The zero-order valence-electron chi connectivity index (χ0n) is 15.7. The van der Waals surface area contributed by atoms with Crippen LogP contribution in [0.4, 0.5) is 30.4 Å². The lowest BCUT2D eigenvalue weighted by molar-refractivity contribution is 0.134. The van der Waals surface area contributed by atoms with Gasteiger partial charge in [0.2, 0.25) is 0 Å². The summed E-state index contributed by atoms with van der Waals surface area (Å²) in [5, 5.41) is 3.68. The third-order valence-electron chi connectivity index (χ3n) is 3.99. The fourth-order valence-electron chi connectivity index (χ4n) is 2.78. The summed E-state index contributed by atoms with van der Waals surface area (Å²) in [7, 11) is -1.37. The molecular weight excluding hydrogens is 405 g/mol. The van der Waals surface area contributed by atoms with Gasteiger partial charge < -0.3 is 18.6 Å². The highest BCUT2D eigenvalue weighted by Gasteiger charge is 2.16. The number of fused-ring (bicyclic) bond motifs is 1. The van der Waals surface area contributed by atoms with E-state index in [0.717, 1.165) is 11.6 Å². The summed E-state index contributed by atoms with van der Waals surface area (Å²) in [6, 6.07) is 7.04. The van der Waals surface area contributed by atoms with Gasteiger partial charge in [0, 0.05) is 17.1 Å². The predicted octanol–water partition coefficient (Wildman–Crippen LogP) is 4.92. The number of halogens is 3. The number of benzene rings is 2. The minimum absolute atomic E-state index is 0.0392. The number of nitrogens with one attached hydrogen (secondary N) is 1. The normalized spacial score (nSPS) is 12.5. The van der Waals surface area contributed by atoms with Gasteiger partial charge in [0.15, 0.2) is 6.10 Å². The monoisotopic (exact) mass is 423 g/mol. The number of alkyl halides is 2. The highest BCUT2D eigenvalue weighted by atomic mass is 32.2. The molecule has 0 amide bonds. The first-order valence-electron chi connectivity index (χ1n) is 8.57. The molecule has 1 heterocycles. The van der Waals surface area contributed by atoms with Gasteiger partial charge in [-0.3, -0.25) is 0 Å². The molecule has 0 spiro atoms. The van der Waals surface area contributed by atoms with Gasteiger partial charge in [0.25, 0.3) is 0 Å². The number of rotatable bonds is 7. The zero-order valence-corrected chi connectivity index (χ0v) is 16.5. The van der Waals surface area contributed by atoms with Gasteiger partial charge in [-0.15, -0.1) is 6.26 Å². The minimum atomic E-state index is -1.37. The lowest BCUT2D eigenvalue weighted by Crippen LogP contribution is -2.21. The first-order chi connectivity index (χ1) is 13.9. The Morgan fingerprint density at radius 2 is 1.97 bits per heavy atom. The van der Waals surface area contributed by atoms with Gasteiger partial charge in [-0.2, -0.15) is 10.6 Å². The van der Waals surface area contributed by atoms with Crippen molar-refractivity contribution in [2.45, 2.75) is 13.0 Å². The molecule has 0 saturated carbocycles. The smallest absolute Gasteiger partial charge is 0.155 e. The molecular formula is C19H18F3N4O2S-. The van der Waals surface area contributed by atoms with Crippen molar-refractivity contribution in [1.29, 1.82) is 0 Å². The van der Waals surface area contributed by atoms with E-state index in [9.17, 15) is 17.4 Å². The Morgan fingerprint density at radius 1 is 1.21 bits per heavy atom. The highest BCUT2D eigenvalue weighted by Crippen LogP contribution is 2.34. The van der Waals surface area contributed by atoms with Crippen LogP contribution >= 0.6 is 0 Å². The minimum Gasteiger partial charge on any atom is -0.483 e.